The topological polar surface area (TPSA) is 17.1 Å². The normalized spacial score (nSPS) is 12.0. The van der Waals surface area contributed by atoms with Gasteiger partial charge in [-0.05, 0) is 40.7 Å². The molecule has 0 spiro atoms. The number of carbonyl (C=O) groups is 1. The molecule has 0 saturated heterocycles. The summed E-state index contributed by atoms with van der Waals surface area (Å²) in [6, 6.07) is 12.1. The van der Waals surface area contributed by atoms with Gasteiger partial charge in [0.15, 0.2) is 5.78 Å². The summed E-state index contributed by atoms with van der Waals surface area (Å²) < 4.78 is 39.4. The van der Waals surface area contributed by atoms with E-state index in [0.717, 1.165) is 17.2 Å². The molecule has 0 N–H and O–H groups in total. The maximum absolute atomic E-state index is 13.1. The predicted octanol–water partition coefficient (Wildman–Crippen LogP) is 6.18. The van der Waals surface area contributed by atoms with Crippen molar-refractivity contribution >= 4 is 5.78 Å². The first kappa shape index (κ1) is 19.2. The first-order valence-electron chi connectivity index (χ1n) is 8.35. The maximum Gasteiger partial charge on any atom is 0.416 e. The van der Waals surface area contributed by atoms with Crippen LogP contribution in [0.3, 0.4) is 0 Å². The van der Waals surface area contributed by atoms with E-state index in [-0.39, 0.29) is 29.6 Å². The first-order valence-corrected chi connectivity index (χ1v) is 8.35. The van der Waals surface area contributed by atoms with E-state index in [9.17, 15) is 18.0 Å². The van der Waals surface area contributed by atoms with E-state index in [1.165, 1.54) is 18.2 Å². The van der Waals surface area contributed by atoms with Crippen LogP contribution in [0.1, 0.15) is 72.1 Å². The van der Waals surface area contributed by atoms with Crippen molar-refractivity contribution in [3.63, 3.8) is 0 Å². The molecule has 0 aliphatic heterocycles. The molecule has 4 heteroatoms. The second-order valence-corrected chi connectivity index (χ2v) is 6.81. The Balaban J connectivity index is 2.40. The van der Waals surface area contributed by atoms with Gasteiger partial charge in [-0.3, -0.25) is 4.79 Å². The highest BCUT2D eigenvalue weighted by atomic mass is 19.4. The van der Waals surface area contributed by atoms with E-state index in [2.05, 4.69) is 6.07 Å². The molecule has 0 aliphatic carbocycles. The molecule has 0 unspecified atom stereocenters. The molecule has 0 fully saturated rings. The average Bonchev–Trinajstić information content (AvgIpc) is 2.53. The summed E-state index contributed by atoms with van der Waals surface area (Å²) in [5.74, 6) is 0.0232. The number of halogens is 3. The smallest absolute Gasteiger partial charge is 0.294 e. The third kappa shape index (κ3) is 4.50. The third-order valence-electron chi connectivity index (χ3n) is 4.17. The Labute approximate surface area is 146 Å². The van der Waals surface area contributed by atoms with Crippen molar-refractivity contribution in [2.24, 2.45) is 0 Å². The van der Waals surface area contributed by atoms with Crippen molar-refractivity contribution in [3.05, 3.63) is 70.3 Å². The summed E-state index contributed by atoms with van der Waals surface area (Å²) in [6.45, 7) is 7.99. The molecule has 0 atom stereocenters. The minimum Gasteiger partial charge on any atom is -0.294 e. The van der Waals surface area contributed by atoms with Crippen LogP contribution in [0, 0.1) is 6.07 Å². The molecular weight excluding hydrogens is 325 g/mol. The monoisotopic (exact) mass is 347 g/mol. The zero-order chi connectivity index (χ0) is 18.8. The van der Waals surface area contributed by atoms with Gasteiger partial charge in [0.25, 0.3) is 0 Å². The number of ketones is 1. The summed E-state index contributed by atoms with van der Waals surface area (Å²) in [6.07, 6.45) is -4.74. The molecule has 2 aromatic rings. The Morgan fingerprint density at radius 1 is 1.00 bits per heavy atom. The van der Waals surface area contributed by atoms with E-state index in [1.54, 1.807) is 6.07 Å². The van der Waals surface area contributed by atoms with Gasteiger partial charge in [0.1, 0.15) is 0 Å². The average molecular weight is 347 g/mol. The van der Waals surface area contributed by atoms with Crippen molar-refractivity contribution < 1.29 is 18.0 Å². The Kier molecular flexibility index (Phi) is 5.71. The number of carbonyl (C=O) groups excluding carboxylic acids is 1. The molecule has 0 aliphatic rings. The Hall–Kier alpha value is -2.10. The number of alkyl halides is 3. The van der Waals surface area contributed by atoms with E-state index >= 15 is 0 Å². The molecular formula is C21H22F3O. The summed E-state index contributed by atoms with van der Waals surface area (Å²) >= 11 is 0. The molecule has 2 aromatic carbocycles. The summed E-state index contributed by atoms with van der Waals surface area (Å²) in [5.41, 5.74) is 1.47. The van der Waals surface area contributed by atoms with Gasteiger partial charge in [-0.2, -0.15) is 13.2 Å². The standard InChI is InChI=1S/C21H22F3O/c1-13(2)15-9-10-17(18(11-15)14(3)4)20(25)12-16-7-5-6-8-19(16)21(22,23)24/h5-10,13-14H,12H2,1-4H3. The maximum atomic E-state index is 13.1. The van der Waals surface area contributed by atoms with E-state index in [1.807, 2.05) is 33.8 Å². The Bertz CT molecular complexity index is 758. The zero-order valence-corrected chi connectivity index (χ0v) is 14.9. The van der Waals surface area contributed by atoms with Gasteiger partial charge in [-0.1, -0.05) is 58.0 Å². The quantitative estimate of drug-likeness (QED) is 0.590. The van der Waals surface area contributed by atoms with Gasteiger partial charge >= 0.3 is 6.18 Å². The number of rotatable bonds is 5. The summed E-state index contributed by atoms with van der Waals surface area (Å²) in [5, 5.41) is 0. The lowest BCUT2D eigenvalue weighted by atomic mass is 9.88. The second kappa shape index (κ2) is 7.42. The van der Waals surface area contributed by atoms with Gasteiger partial charge in [-0.25, -0.2) is 0 Å². The fourth-order valence-electron chi connectivity index (χ4n) is 2.78. The molecule has 1 radical (unpaired) electrons. The van der Waals surface area contributed by atoms with Crippen LogP contribution in [0.4, 0.5) is 13.2 Å². The summed E-state index contributed by atoms with van der Waals surface area (Å²) in [4.78, 5) is 12.7. The second-order valence-electron chi connectivity index (χ2n) is 6.81. The van der Waals surface area contributed by atoms with Crippen molar-refractivity contribution in [2.45, 2.75) is 52.1 Å². The first-order chi connectivity index (χ1) is 11.6. The van der Waals surface area contributed by atoms with Crippen LogP contribution < -0.4 is 0 Å². The van der Waals surface area contributed by atoms with Crippen molar-refractivity contribution in [1.82, 2.24) is 0 Å². The van der Waals surface area contributed by atoms with Crippen LogP contribution in [-0.2, 0) is 12.6 Å². The fourth-order valence-corrected chi connectivity index (χ4v) is 2.78. The van der Waals surface area contributed by atoms with E-state index in [4.69, 9.17) is 0 Å². The van der Waals surface area contributed by atoms with Crippen molar-refractivity contribution in [2.75, 3.05) is 0 Å². The van der Waals surface area contributed by atoms with E-state index < -0.39 is 11.7 Å². The van der Waals surface area contributed by atoms with Crippen LogP contribution in [-0.4, -0.2) is 5.78 Å². The number of hydrogen-bond donors (Lipinski definition) is 0. The molecule has 0 amide bonds. The Morgan fingerprint density at radius 3 is 2.20 bits per heavy atom. The molecule has 1 nitrogen and oxygen atoms in total. The van der Waals surface area contributed by atoms with Gasteiger partial charge in [0, 0.05) is 12.0 Å². The molecule has 2 rings (SSSR count). The molecule has 0 bridgehead atoms. The van der Waals surface area contributed by atoms with Gasteiger partial charge in [0.2, 0.25) is 0 Å². The third-order valence-corrected chi connectivity index (χ3v) is 4.17. The highest BCUT2D eigenvalue weighted by molar-refractivity contribution is 5.99. The van der Waals surface area contributed by atoms with Crippen LogP contribution in [0.15, 0.2) is 36.4 Å². The molecule has 0 heterocycles. The molecule has 0 aromatic heterocycles. The lowest BCUT2D eigenvalue weighted by Crippen LogP contribution is -2.14. The zero-order valence-electron chi connectivity index (χ0n) is 14.9. The van der Waals surface area contributed by atoms with E-state index in [0.29, 0.717) is 5.56 Å². The largest absolute Gasteiger partial charge is 0.416 e. The number of hydrogen-bond acceptors (Lipinski definition) is 1. The van der Waals surface area contributed by atoms with Crippen LogP contribution in [0.5, 0.6) is 0 Å². The fraction of sp³-hybridized carbons (Fsp3) is 0.381. The van der Waals surface area contributed by atoms with Crippen molar-refractivity contribution in [3.8, 4) is 0 Å². The lowest BCUT2D eigenvalue weighted by molar-refractivity contribution is -0.138. The van der Waals surface area contributed by atoms with Crippen LogP contribution in [0.2, 0.25) is 0 Å². The highest BCUT2D eigenvalue weighted by Gasteiger charge is 2.33. The van der Waals surface area contributed by atoms with Crippen molar-refractivity contribution in [1.29, 1.82) is 0 Å². The Morgan fingerprint density at radius 2 is 1.64 bits per heavy atom. The highest BCUT2D eigenvalue weighted by Crippen LogP contribution is 2.33. The van der Waals surface area contributed by atoms with Gasteiger partial charge in [-0.15, -0.1) is 0 Å². The van der Waals surface area contributed by atoms with Crippen LogP contribution in [0.25, 0.3) is 0 Å². The molecule has 0 saturated carbocycles. The summed E-state index contributed by atoms with van der Waals surface area (Å²) in [7, 11) is 0. The number of Topliss-reactive ketones (excluding diaryl/α,β-unsaturated/α-hetero) is 1. The number of benzene rings is 2. The molecule has 133 valence electrons. The molecule has 25 heavy (non-hydrogen) atoms. The predicted molar refractivity (Wildman–Crippen MR) is 92.9 cm³/mol. The van der Waals surface area contributed by atoms with Crippen LogP contribution >= 0.6 is 0 Å². The lowest BCUT2D eigenvalue weighted by Gasteiger charge is -2.16. The minimum absolute atomic E-state index is 0.00245. The van der Waals surface area contributed by atoms with Gasteiger partial charge in [0.05, 0.1) is 5.56 Å². The van der Waals surface area contributed by atoms with Gasteiger partial charge < -0.3 is 0 Å². The SMILES string of the molecule is CC(C)c1[c]c(C(C)C)c(C(=O)Cc2ccccc2C(F)(F)F)cc1. The minimum atomic E-state index is -4.47.